The van der Waals surface area contributed by atoms with Crippen molar-refractivity contribution >= 4 is 23.8 Å². The van der Waals surface area contributed by atoms with Crippen molar-refractivity contribution in [3.05, 3.63) is 0 Å². The van der Waals surface area contributed by atoms with Crippen LogP contribution in [0.25, 0.3) is 0 Å². The largest absolute Gasteiger partial charge is 0.480 e. The van der Waals surface area contributed by atoms with Crippen LogP contribution in [0.1, 0.15) is 20.3 Å². The molecule has 1 rings (SSSR count). The fourth-order valence-corrected chi connectivity index (χ4v) is 3.00. The van der Waals surface area contributed by atoms with Crippen LogP contribution in [0, 0.1) is 5.92 Å². The second-order valence-corrected chi connectivity index (χ2v) is 5.68. The summed E-state index contributed by atoms with van der Waals surface area (Å²) in [5.74, 6) is 1.79. The molecule has 0 aliphatic carbocycles. The zero-order chi connectivity index (χ0) is 12.8. The van der Waals surface area contributed by atoms with E-state index >= 15 is 0 Å². The molecule has 1 unspecified atom stereocenters. The molecule has 0 aromatic heterocycles. The van der Waals surface area contributed by atoms with Gasteiger partial charge in [0.2, 0.25) is 0 Å². The zero-order valence-corrected chi connectivity index (χ0v) is 11.1. The first kappa shape index (κ1) is 14.2. The van der Waals surface area contributed by atoms with Crippen molar-refractivity contribution in [2.24, 2.45) is 5.92 Å². The number of rotatable bonds is 5. The van der Waals surface area contributed by atoms with Gasteiger partial charge >= 0.3 is 12.0 Å². The number of hydrogen-bond acceptors (Lipinski definition) is 3. The van der Waals surface area contributed by atoms with Gasteiger partial charge in [-0.05, 0) is 37.7 Å². The summed E-state index contributed by atoms with van der Waals surface area (Å²) in [4.78, 5) is 23.8. The maximum atomic E-state index is 11.8. The molecule has 0 spiro atoms. The lowest BCUT2D eigenvalue weighted by Crippen LogP contribution is -2.47. The van der Waals surface area contributed by atoms with Crippen molar-refractivity contribution < 1.29 is 14.7 Å². The van der Waals surface area contributed by atoms with Crippen molar-refractivity contribution in [3.8, 4) is 0 Å². The van der Waals surface area contributed by atoms with Gasteiger partial charge in [0.15, 0.2) is 0 Å². The first-order valence-corrected chi connectivity index (χ1v) is 7.00. The van der Waals surface area contributed by atoms with E-state index in [9.17, 15) is 9.59 Å². The van der Waals surface area contributed by atoms with E-state index in [0.29, 0.717) is 12.5 Å². The van der Waals surface area contributed by atoms with Gasteiger partial charge in [-0.3, -0.25) is 4.79 Å². The average Bonchev–Trinajstić information content (AvgIpc) is 2.74. The van der Waals surface area contributed by atoms with E-state index in [1.54, 1.807) is 0 Å². The van der Waals surface area contributed by atoms with Gasteiger partial charge in [0, 0.05) is 12.6 Å². The number of hydrogen-bond donors (Lipinski definition) is 2. The van der Waals surface area contributed by atoms with E-state index in [4.69, 9.17) is 5.11 Å². The fourth-order valence-electron chi connectivity index (χ4n) is 1.71. The molecule has 5 nitrogen and oxygen atoms in total. The minimum absolute atomic E-state index is 0.107. The van der Waals surface area contributed by atoms with Crippen molar-refractivity contribution in [2.75, 3.05) is 24.6 Å². The molecule has 2 amide bonds. The summed E-state index contributed by atoms with van der Waals surface area (Å²) in [7, 11) is 0. The fraction of sp³-hybridized carbons (Fsp3) is 0.818. The number of aliphatic carboxylic acids is 1. The van der Waals surface area contributed by atoms with Crippen LogP contribution in [-0.2, 0) is 4.79 Å². The molecule has 17 heavy (non-hydrogen) atoms. The van der Waals surface area contributed by atoms with Crippen LogP contribution < -0.4 is 5.32 Å². The summed E-state index contributed by atoms with van der Waals surface area (Å²) in [5.41, 5.74) is 0. The molecule has 1 atom stereocenters. The van der Waals surface area contributed by atoms with E-state index in [-0.39, 0.29) is 18.6 Å². The number of amides is 2. The molecule has 1 aliphatic rings. The van der Waals surface area contributed by atoms with Gasteiger partial charge in [0.25, 0.3) is 0 Å². The van der Waals surface area contributed by atoms with Crippen LogP contribution in [0.3, 0.4) is 0 Å². The third-order valence-corrected chi connectivity index (χ3v) is 3.99. The van der Waals surface area contributed by atoms with Crippen molar-refractivity contribution in [1.82, 2.24) is 10.2 Å². The molecule has 98 valence electrons. The highest BCUT2D eigenvalue weighted by atomic mass is 32.2. The van der Waals surface area contributed by atoms with E-state index in [0.717, 1.165) is 17.9 Å². The lowest BCUT2D eigenvalue weighted by atomic mass is 10.1. The monoisotopic (exact) mass is 260 g/mol. The van der Waals surface area contributed by atoms with Crippen molar-refractivity contribution in [1.29, 1.82) is 0 Å². The number of thioether (sulfide) groups is 1. The first-order valence-electron chi connectivity index (χ1n) is 5.84. The first-order chi connectivity index (χ1) is 8.00. The van der Waals surface area contributed by atoms with Gasteiger partial charge in [-0.1, -0.05) is 0 Å². The SMILES string of the molecule is CC(C)N(CC(=O)O)C(=O)NCC1CCSC1. The van der Waals surface area contributed by atoms with Crippen molar-refractivity contribution in [3.63, 3.8) is 0 Å². The number of urea groups is 1. The van der Waals surface area contributed by atoms with Gasteiger partial charge < -0.3 is 15.3 Å². The topological polar surface area (TPSA) is 69.6 Å². The number of nitrogens with zero attached hydrogens (tertiary/aromatic N) is 1. The Morgan fingerprint density at radius 3 is 2.71 bits per heavy atom. The smallest absolute Gasteiger partial charge is 0.323 e. The van der Waals surface area contributed by atoms with Gasteiger partial charge in [-0.2, -0.15) is 11.8 Å². The molecule has 0 radical (unpaired) electrons. The minimum atomic E-state index is -0.981. The van der Waals surface area contributed by atoms with Crippen molar-refractivity contribution in [2.45, 2.75) is 26.3 Å². The predicted molar refractivity (Wildman–Crippen MR) is 68.3 cm³/mol. The standard InChI is InChI=1S/C11H20N2O3S/c1-8(2)13(6-10(14)15)11(16)12-5-9-3-4-17-7-9/h8-9H,3-7H2,1-2H3,(H,12,16)(H,14,15). The minimum Gasteiger partial charge on any atom is -0.480 e. The summed E-state index contributed by atoms with van der Waals surface area (Å²) in [5, 5.41) is 11.6. The van der Waals surface area contributed by atoms with Crippen LogP contribution in [0.15, 0.2) is 0 Å². The molecular weight excluding hydrogens is 240 g/mol. The van der Waals surface area contributed by atoms with Crippen LogP contribution in [0.4, 0.5) is 4.79 Å². The summed E-state index contributed by atoms with van der Waals surface area (Å²) < 4.78 is 0. The van der Waals surface area contributed by atoms with Crippen LogP contribution in [0.2, 0.25) is 0 Å². The Labute approximate surface area is 106 Å². The molecule has 2 N–H and O–H groups in total. The molecule has 1 saturated heterocycles. The maximum Gasteiger partial charge on any atom is 0.323 e. The zero-order valence-electron chi connectivity index (χ0n) is 10.3. The van der Waals surface area contributed by atoms with Crippen LogP contribution >= 0.6 is 11.8 Å². The second kappa shape index (κ2) is 6.74. The molecule has 6 heteroatoms. The number of carbonyl (C=O) groups is 2. The van der Waals surface area contributed by atoms with Gasteiger partial charge in [-0.15, -0.1) is 0 Å². The third-order valence-electron chi connectivity index (χ3n) is 2.76. The lowest BCUT2D eigenvalue weighted by molar-refractivity contribution is -0.138. The summed E-state index contributed by atoms with van der Waals surface area (Å²) >= 11 is 1.90. The Morgan fingerprint density at radius 1 is 1.53 bits per heavy atom. The van der Waals surface area contributed by atoms with E-state index in [1.165, 1.54) is 4.90 Å². The summed E-state index contributed by atoms with van der Waals surface area (Å²) in [6, 6.07) is -0.386. The highest BCUT2D eigenvalue weighted by Crippen LogP contribution is 2.22. The Morgan fingerprint density at radius 2 is 2.24 bits per heavy atom. The number of carboxylic acid groups (broad SMARTS) is 1. The molecule has 0 aromatic carbocycles. The second-order valence-electron chi connectivity index (χ2n) is 4.53. The predicted octanol–water partition coefficient (Wildman–Crippen LogP) is 1.24. The van der Waals surface area contributed by atoms with Gasteiger partial charge in [0.1, 0.15) is 6.54 Å². The van der Waals surface area contributed by atoms with Gasteiger partial charge in [-0.25, -0.2) is 4.79 Å². The molecule has 0 bridgehead atoms. The van der Waals surface area contributed by atoms with Crippen LogP contribution in [-0.4, -0.2) is 52.6 Å². The molecule has 0 saturated carbocycles. The molecule has 1 heterocycles. The molecule has 0 aromatic rings. The lowest BCUT2D eigenvalue weighted by Gasteiger charge is -2.25. The highest BCUT2D eigenvalue weighted by Gasteiger charge is 2.21. The Balaban J connectivity index is 2.38. The summed E-state index contributed by atoms with van der Waals surface area (Å²) in [6.45, 7) is 4.03. The third kappa shape index (κ3) is 4.85. The van der Waals surface area contributed by atoms with Crippen LogP contribution in [0.5, 0.6) is 0 Å². The van der Waals surface area contributed by atoms with Gasteiger partial charge in [0.05, 0.1) is 0 Å². The average molecular weight is 260 g/mol. The quantitative estimate of drug-likeness (QED) is 0.780. The van der Waals surface area contributed by atoms with E-state index < -0.39 is 5.97 Å². The normalized spacial score (nSPS) is 19.4. The number of carboxylic acids is 1. The molecule has 1 fully saturated rings. The summed E-state index contributed by atoms with van der Waals surface area (Å²) in [6.07, 6.45) is 1.13. The Hall–Kier alpha value is -0.910. The van der Waals surface area contributed by atoms with E-state index in [2.05, 4.69) is 5.32 Å². The molecular formula is C11H20N2O3S. The molecule has 1 aliphatic heterocycles. The Kier molecular flexibility index (Phi) is 5.61. The number of nitrogens with one attached hydrogen (secondary N) is 1. The maximum absolute atomic E-state index is 11.8. The van der Waals surface area contributed by atoms with E-state index in [1.807, 2.05) is 25.6 Å². The number of carbonyl (C=O) groups excluding carboxylic acids is 1. The Bertz CT molecular complexity index is 278. The highest BCUT2D eigenvalue weighted by molar-refractivity contribution is 7.99.